The van der Waals surface area contributed by atoms with E-state index in [2.05, 4.69) is 0 Å². The molecule has 0 radical (unpaired) electrons. The van der Waals surface area contributed by atoms with E-state index in [1.165, 1.54) is 30.4 Å². The van der Waals surface area contributed by atoms with Crippen molar-refractivity contribution in [3.8, 4) is 0 Å². The van der Waals surface area contributed by atoms with Crippen LogP contribution in [0.15, 0.2) is 36.4 Å². The zero-order valence-corrected chi connectivity index (χ0v) is 13.0. The molecule has 1 amide bonds. The summed E-state index contributed by atoms with van der Waals surface area (Å²) in [7, 11) is 0. The SMILES string of the molecule is CC(=O)c1ccc(C(=O)N2CCC[C@H]2c2ccc(F)cc2)s1. The smallest absolute Gasteiger partial charge is 0.264 e. The molecular formula is C17H16FNO2S. The van der Waals surface area contributed by atoms with E-state index in [1.54, 1.807) is 24.3 Å². The van der Waals surface area contributed by atoms with Gasteiger partial charge in [0.15, 0.2) is 5.78 Å². The first-order valence-electron chi connectivity index (χ1n) is 7.23. The third kappa shape index (κ3) is 2.81. The molecular weight excluding hydrogens is 301 g/mol. The zero-order chi connectivity index (χ0) is 15.7. The highest BCUT2D eigenvalue weighted by atomic mass is 32.1. The molecule has 1 aliphatic rings. The number of Topliss-reactive ketones (excluding diaryl/α,β-unsaturated/α-hetero) is 1. The fraction of sp³-hybridized carbons (Fsp3) is 0.294. The van der Waals surface area contributed by atoms with E-state index in [4.69, 9.17) is 0 Å². The molecule has 0 spiro atoms. The largest absolute Gasteiger partial charge is 0.331 e. The third-order valence-electron chi connectivity index (χ3n) is 3.93. The number of halogens is 1. The van der Waals surface area contributed by atoms with E-state index < -0.39 is 0 Å². The summed E-state index contributed by atoms with van der Waals surface area (Å²) >= 11 is 1.23. The van der Waals surface area contributed by atoms with Gasteiger partial charge < -0.3 is 4.90 Å². The van der Waals surface area contributed by atoms with Crippen molar-refractivity contribution in [3.05, 3.63) is 57.5 Å². The van der Waals surface area contributed by atoms with Crippen LogP contribution in [0.1, 0.15) is 50.7 Å². The summed E-state index contributed by atoms with van der Waals surface area (Å²) in [6.45, 7) is 2.19. The second kappa shape index (κ2) is 6.01. The highest BCUT2D eigenvalue weighted by molar-refractivity contribution is 7.15. The summed E-state index contributed by atoms with van der Waals surface area (Å²) in [6, 6.07) is 9.72. The van der Waals surface area contributed by atoms with Crippen LogP contribution in [0.5, 0.6) is 0 Å². The first-order chi connectivity index (χ1) is 10.6. The Balaban J connectivity index is 1.84. The van der Waals surface area contributed by atoms with Crippen molar-refractivity contribution >= 4 is 23.0 Å². The minimum atomic E-state index is -0.274. The quantitative estimate of drug-likeness (QED) is 0.800. The summed E-state index contributed by atoms with van der Waals surface area (Å²) < 4.78 is 13.1. The Morgan fingerprint density at radius 1 is 1.14 bits per heavy atom. The van der Waals surface area contributed by atoms with Crippen LogP contribution in [0, 0.1) is 5.82 Å². The Hall–Kier alpha value is -2.01. The van der Waals surface area contributed by atoms with Crippen molar-refractivity contribution < 1.29 is 14.0 Å². The van der Waals surface area contributed by atoms with E-state index in [0.29, 0.717) is 16.3 Å². The second-order valence-electron chi connectivity index (χ2n) is 5.43. The monoisotopic (exact) mass is 317 g/mol. The highest BCUT2D eigenvalue weighted by Gasteiger charge is 2.31. The Morgan fingerprint density at radius 3 is 2.45 bits per heavy atom. The molecule has 0 unspecified atom stereocenters. The maximum atomic E-state index is 13.1. The fourth-order valence-corrected chi connectivity index (χ4v) is 3.68. The lowest BCUT2D eigenvalue weighted by Gasteiger charge is -2.24. The summed E-state index contributed by atoms with van der Waals surface area (Å²) in [4.78, 5) is 27.1. The predicted octanol–water partition coefficient (Wildman–Crippen LogP) is 4.07. The molecule has 0 aliphatic carbocycles. The molecule has 0 bridgehead atoms. The Kier molecular flexibility index (Phi) is 4.07. The molecule has 1 atom stereocenters. The van der Waals surface area contributed by atoms with Crippen molar-refractivity contribution in [2.24, 2.45) is 0 Å². The molecule has 114 valence electrons. The molecule has 3 nitrogen and oxygen atoms in total. The number of thiophene rings is 1. The fourth-order valence-electron chi connectivity index (χ4n) is 2.82. The predicted molar refractivity (Wildman–Crippen MR) is 83.7 cm³/mol. The number of nitrogens with zero attached hydrogens (tertiary/aromatic N) is 1. The van der Waals surface area contributed by atoms with Crippen molar-refractivity contribution in [2.75, 3.05) is 6.54 Å². The summed E-state index contributed by atoms with van der Waals surface area (Å²) in [6.07, 6.45) is 1.81. The molecule has 0 saturated carbocycles. The molecule has 5 heteroatoms. The first-order valence-corrected chi connectivity index (χ1v) is 8.05. The Morgan fingerprint density at radius 2 is 1.82 bits per heavy atom. The number of amides is 1. The van der Waals surface area contributed by atoms with E-state index in [-0.39, 0.29) is 23.5 Å². The number of carbonyl (C=O) groups is 2. The molecule has 1 fully saturated rings. The molecule has 1 aromatic heterocycles. The molecule has 1 aliphatic heterocycles. The van der Waals surface area contributed by atoms with E-state index >= 15 is 0 Å². The summed E-state index contributed by atoms with van der Waals surface area (Å²) in [5.41, 5.74) is 0.954. The molecule has 2 aromatic rings. The topological polar surface area (TPSA) is 37.4 Å². The molecule has 22 heavy (non-hydrogen) atoms. The van der Waals surface area contributed by atoms with Crippen LogP contribution in [0.3, 0.4) is 0 Å². The number of ketones is 1. The molecule has 0 N–H and O–H groups in total. The van der Waals surface area contributed by atoms with Crippen LogP contribution in [-0.4, -0.2) is 23.1 Å². The van der Waals surface area contributed by atoms with Gasteiger partial charge in [0.25, 0.3) is 5.91 Å². The van der Waals surface area contributed by atoms with Crippen LogP contribution in [0.25, 0.3) is 0 Å². The van der Waals surface area contributed by atoms with Crippen LogP contribution in [0.4, 0.5) is 4.39 Å². The van der Waals surface area contributed by atoms with E-state index in [9.17, 15) is 14.0 Å². The van der Waals surface area contributed by atoms with Crippen molar-refractivity contribution in [1.29, 1.82) is 0 Å². The van der Waals surface area contributed by atoms with Crippen LogP contribution in [-0.2, 0) is 0 Å². The van der Waals surface area contributed by atoms with Gasteiger partial charge in [-0.1, -0.05) is 12.1 Å². The van der Waals surface area contributed by atoms with Gasteiger partial charge in [0.1, 0.15) is 5.82 Å². The van der Waals surface area contributed by atoms with Crippen LogP contribution in [0.2, 0.25) is 0 Å². The zero-order valence-electron chi connectivity index (χ0n) is 12.2. The van der Waals surface area contributed by atoms with Gasteiger partial charge in [-0.15, -0.1) is 11.3 Å². The van der Waals surface area contributed by atoms with Gasteiger partial charge in [-0.2, -0.15) is 0 Å². The lowest BCUT2D eigenvalue weighted by atomic mass is 10.0. The number of benzene rings is 1. The van der Waals surface area contributed by atoms with Gasteiger partial charge in [0, 0.05) is 6.54 Å². The number of carbonyl (C=O) groups excluding carboxylic acids is 2. The minimum absolute atomic E-state index is 0.0176. The van der Waals surface area contributed by atoms with E-state index in [1.807, 2.05) is 4.90 Å². The molecule has 2 heterocycles. The van der Waals surface area contributed by atoms with Gasteiger partial charge in [-0.25, -0.2) is 4.39 Å². The van der Waals surface area contributed by atoms with Crippen molar-refractivity contribution in [1.82, 2.24) is 4.90 Å². The number of hydrogen-bond donors (Lipinski definition) is 0. The van der Waals surface area contributed by atoms with E-state index in [0.717, 1.165) is 18.4 Å². The maximum absolute atomic E-state index is 13.1. The van der Waals surface area contributed by atoms with Gasteiger partial charge in [-0.3, -0.25) is 9.59 Å². The van der Waals surface area contributed by atoms with Crippen LogP contribution < -0.4 is 0 Å². The average molecular weight is 317 g/mol. The molecule has 3 rings (SSSR count). The summed E-state index contributed by atoms with van der Waals surface area (Å²) in [5.74, 6) is -0.353. The normalized spacial score (nSPS) is 17.7. The van der Waals surface area contributed by atoms with Gasteiger partial charge in [0.2, 0.25) is 0 Å². The highest BCUT2D eigenvalue weighted by Crippen LogP contribution is 2.34. The number of rotatable bonds is 3. The Labute approximate surface area is 132 Å². The second-order valence-corrected chi connectivity index (χ2v) is 6.51. The van der Waals surface area contributed by atoms with Crippen molar-refractivity contribution in [2.45, 2.75) is 25.8 Å². The van der Waals surface area contributed by atoms with Gasteiger partial charge >= 0.3 is 0 Å². The number of likely N-dealkylation sites (tertiary alicyclic amines) is 1. The maximum Gasteiger partial charge on any atom is 0.264 e. The molecule has 1 saturated heterocycles. The third-order valence-corrected chi connectivity index (χ3v) is 5.11. The minimum Gasteiger partial charge on any atom is -0.331 e. The Bertz CT molecular complexity index is 708. The van der Waals surface area contributed by atoms with Gasteiger partial charge in [-0.05, 0) is 49.6 Å². The lowest BCUT2D eigenvalue weighted by Crippen LogP contribution is -2.29. The lowest BCUT2D eigenvalue weighted by molar-refractivity contribution is 0.0740. The number of hydrogen-bond acceptors (Lipinski definition) is 3. The average Bonchev–Trinajstić information content (AvgIpc) is 3.17. The van der Waals surface area contributed by atoms with Crippen LogP contribution >= 0.6 is 11.3 Å². The van der Waals surface area contributed by atoms with Crippen molar-refractivity contribution in [3.63, 3.8) is 0 Å². The molecule has 1 aromatic carbocycles. The standard InChI is InChI=1S/C17H16FNO2S/c1-11(20)15-8-9-16(22-15)17(21)19-10-2-3-14(19)12-4-6-13(18)7-5-12/h4-9,14H,2-3,10H2,1H3/t14-/m0/s1. The summed E-state index contributed by atoms with van der Waals surface area (Å²) in [5, 5.41) is 0. The van der Waals surface area contributed by atoms with Gasteiger partial charge in [0.05, 0.1) is 15.8 Å². The first kappa shape index (κ1) is 14.9.